The van der Waals surface area contributed by atoms with Crippen molar-refractivity contribution in [1.82, 2.24) is 9.80 Å². The Morgan fingerprint density at radius 3 is 2.39 bits per heavy atom. The van der Waals surface area contributed by atoms with Crippen molar-refractivity contribution in [2.45, 2.75) is 6.54 Å². The maximum absolute atomic E-state index is 12.7. The summed E-state index contributed by atoms with van der Waals surface area (Å²) in [7, 11) is 1.68. The smallest absolute Gasteiger partial charge is 0.321 e. The van der Waals surface area contributed by atoms with E-state index < -0.39 is 0 Å². The quantitative estimate of drug-likeness (QED) is 0.743. The first-order chi connectivity index (χ1) is 13.7. The summed E-state index contributed by atoms with van der Waals surface area (Å²) in [6.07, 6.45) is 0. The van der Waals surface area contributed by atoms with Gasteiger partial charge in [0.15, 0.2) is 0 Å². The van der Waals surface area contributed by atoms with E-state index >= 15 is 0 Å². The highest BCUT2D eigenvalue weighted by Gasteiger charge is 2.21. The lowest BCUT2D eigenvalue weighted by atomic mass is 10.1. The third-order valence-electron chi connectivity index (χ3n) is 5.26. The predicted octanol–water partition coefficient (Wildman–Crippen LogP) is 4.20. The normalized spacial score (nSPS) is 14.8. The van der Waals surface area contributed by atoms with Crippen LogP contribution in [0.5, 0.6) is 5.75 Å². The van der Waals surface area contributed by atoms with Gasteiger partial charge in [0, 0.05) is 38.1 Å². The van der Waals surface area contributed by atoms with E-state index in [1.54, 1.807) is 7.11 Å². The molecule has 1 fully saturated rings. The van der Waals surface area contributed by atoms with E-state index in [0.29, 0.717) is 0 Å². The van der Waals surface area contributed by atoms with Crippen LogP contribution in [0.15, 0.2) is 66.7 Å². The lowest BCUT2D eigenvalue weighted by Gasteiger charge is -2.34. The Morgan fingerprint density at radius 1 is 0.929 bits per heavy atom. The average Bonchev–Trinajstić information content (AvgIpc) is 2.75. The third-order valence-corrected chi connectivity index (χ3v) is 5.26. The molecule has 0 unspecified atom stereocenters. The van der Waals surface area contributed by atoms with Gasteiger partial charge in [-0.05, 0) is 29.1 Å². The molecule has 1 N–H and O–H groups in total. The van der Waals surface area contributed by atoms with Crippen molar-refractivity contribution in [3.8, 4) is 5.75 Å². The number of hydrogen-bond donors (Lipinski definition) is 1. The molecule has 1 aliphatic rings. The Kier molecular flexibility index (Phi) is 5.44. The number of urea groups is 1. The van der Waals surface area contributed by atoms with E-state index in [1.807, 2.05) is 47.4 Å². The molecule has 0 spiro atoms. The van der Waals surface area contributed by atoms with Gasteiger partial charge in [-0.3, -0.25) is 4.90 Å². The van der Waals surface area contributed by atoms with Crippen LogP contribution in [0.1, 0.15) is 5.56 Å². The number of hydrogen-bond acceptors (Lipinski definition) is 3. The number of nitrogens with zero attached hydrogens (tertiary/aromatic N) is 2. The minimum atomic E-state index is -0.0274. The molecule has 0 aromatic heterocycles. The van der Waals surface area contributed by atoms with Crippen LogP contribution in [0.4, 0.5) is 10.5 Å². The Hall–Kier alpha value is -3.05. The van der Waals surface area contributed by atoms with Gasteiger partial charge in [-0.15, -0.1) is 0 Å². The maximum Gasteiger partial charge on any atom is 0.321 e. The predicted molar refractivity (Wildman–Crippen MR) is 113 cm³/mol. The number of carbonyl (C=O) groups is 1. The van der Waals surface area contributed by atoms with Crippen molar-refractivity contribution >= 4 is 22.5 Å². The summed E-state index contributed by atoms with van der Waals surface area (Å²) in [6.45, 7) is 4.09. The minimum absolute atomic E-state index is 0.0274. The molecule has 1 aliphatic heterocycles. The first-order valence-corrected chi connectivity index (χ1v) is 9.62. The molecule has 0 radical (unpaired) electrons. The first kappa shape index (κ1) is 18.3. The van der Waals surface area contributed by atoms with E-state index in [1.165, 1.54) is 5.56 Å². The number of fused-ring (bicyclic) bond motifs is 1. The summed E-state index contributed by atoms with van der Waals surface area (Å²) >= 11 is 0. The molecule has 4 rings (SSSR count). The van der Waals surface area contributed by atoms with Gasteiger partial charge in [0.25, 0.3) is 0 Å². The fourth-order valence-corrected chi connectivity index (χ4v) is 3.63. The van der Waals surface area contributed by atoms with Crippen LogP contribution in [0.25, 0.3) is 10.8 Å². The highest BCUT2D eigenvalue weighted by Crippen LogP contribution is 2.23. The molecule has 144 valence electrons. The number of ether oxygens (including phenoxy) is 1. The van der Waals surface area contributed by atoms with Gasteiger partial charge in [-0.25, -0.2) is 4.79 Å². The average molecular weight is 375 g/mol. The van der Waals surface area contributed by atoms with Crippen LogP contribution in [-0.4, -0.2) is 49.1 Å². The molecule has 3 aromatic carbocycles. The van der Waals surface area contributed by atoms with Crippen LogP contribution >= 0.6 is 0 Å². The largest absolute Gasteiger partial charge is 0.497 e. The van der Waals surface area contributed by atoms with E-state index in [2.05, 4.69) is 34.5 Å². The third kappa shape index (κ3) is 4.10. The summed E-state index contributed by atoms with van der Waals surface area (Å²) in [5.74, 6) is 0.874. The molecule has 3 aromatic rings. The summed E-state index contributed by atoms with van der Waals surface area (Å²) in [5, 5.41) is 5.28. The molecule has 1 saturated heterocycles. The Labute approximate surface area is 165 Å². The van der Waals surface area contributed by atoms with Gasteiger partial charge < -0.3 is 15.0 Å². The maximum atomic E-state index is 12.7. The zero-order valence-corrected chi connectivity index (χ0v) is 16.1. The standard InChI is InChI=1S/C23H25N3O2/c1-28-20-11-9-18(10-12-20)17-25-13-15-26(16-14-25)23(27)24-22-8-4-6-19-5-2-3-7-21(19)22/h2-12H,13-17H2,1H3,(H,24,27). The number of anilines is 1. The van der Waals surface area contributed by atoms with Crippen LogP contribution in [0.3, 0.4) is 0 Å². The number of carbonyl (C=O) groups excluding carboxylic acids is 1. The number of benzene rings is 3. The Balaban J connectivity index is 1.33. The van der Waals surface area contributed by atoms with Crippen LogP contribution < -0.4 is 10.1 Å². The second-order valence-electron chi connectivity index (χ2n) is 7.07. The van der Waals surface area contributed by atoms with Gasteiger partial charge in [0.05, 0.1) is 12.8 Å². The molecule has 0 atom stereocenters. The number of amides is 2. The number of nitrogens with one attached hydrogen (secondary N) is 1. The minimum Gasteiger partial charge on any atom is -0.497 e. The first-order valence-electron chi connectivity index (χ1n) is 9.62. The van der Waals surface area contributed by atoms with Crippen molar-refractivity contribution < 1.29 is 9.53 Å². The second-order valence-corrected chi connectivity index (χ2v) is 7.07. The molecule has 5 heteroatoms. The van der Waals surface area contributed by atoms with E-state index in [0.717, 1.165) is 54.9 Å². The van der Waals surface area contributed by atoms with Crippen molar-refractivity contribution in [2.24, 2.45) is 0 Å². The molecular weight excluding hydrogens is 350 g/mol. The molecule has 28 heavy (non-hydrogen) atoms. The fourth-order valence-electron chi connectivity index (χ4n) is 3.63. The number of piperazine rings is 1. The van der Waals surface area contributed by atoms with Crippen LogP contribution in [0, 0.1) is 0 Å². The molecule has 0 saturated carbocycles. The van der Waals surface area contributed by atoms with Crippen molar-refractivity contribution in [3.63, 3.8) is 0 Å². The van der Waals surface area contributed by atoms with Gasteiger partial charge in [-0.1, -0.05) is 48.5 Å². The molecule has 0 aliphatic carbocycles. The van der Waals surface area contributed by atoms with Crippen molar-refractivity contribution in [1.29, 1.82) is 0 Å². The van der Waals surface area contributed by atoms with Gasteiger partial charge >= 0.3 is 6.03 Å². The zero-order valence-electron chi connectivity index (χ0n) is 16.1. The summed E-state index contributed by atoms with van der Waals surface area (Å²) in [6, 6.07) is 22.2. The van der Waals surface area contributed by atoms with Gasteiger partial charge in [0.2, 0.25) is 0 Å². The van der Waals surface area contributed by atoms with Crippen molar-refractivity contribution in [3.05, 3.63) is 72.3 Å². The number of rotatable bonds is 4. The molecule has 1 heterocycles. The number of methoxy groups -OCH3 is 1. The topological polar surface area (TPSA) is 44.8 Å². The fraction of sp³-hybridized carbons (Fsp3) is 0.261. The van der Waals surface area contributed by atoms with Crippen LogP contribution in [-0.2, 0) is 6.54 Å². The SMILES string of the molecule is COc1ccc(CN2CCN(C(=O)Nc3cccc4ccccc34)CC2)cc1. The summed E-state index contributed by atoms with van der Waals surface area (Å²) in [5.41, 5.74) is 2.12. The van der Waals surface area contributed by atoms with E-state index in [-0.39, 0.29) is 6.03 Å². The highest BCUT2D eigenvalue weighted by molar-refractivity contribution is 6.01. The van der Waals surface area contributed by atoms with E-state index in [4.69, 9.17) is 4.74 Å². The second kappa shape index (κ2) is 8.31. The lowest BCUT2D eigenvalue weighted by Crippen LogP contribution is -2.49. The van der Waals surface area contributed by atoms with E-state index in [9.17, 15) is 4.79 Å². The molecule has 5 nitrogen and oxygen atoms in total. The lowest BCUT2D eigenvalue weighted by molar-refractivity contribution is 0.143. The Bertz CT molecular complexity index is 942. The Morgan fingerprint density at radius 2 is 1.64 bits per heavy atom. The molecule has 0 bridgehead atoms. The van der Waals surface area contributed by atoms with Crippen molar-refractivity contribution in [2.75, 3.05) is 38.6 Å². The zero-order chi connectivity index (χ0) is 19.3. The summed E-state index contributed by atoms with van der Waals surface area (Å²) < 4.78 is 5.21. The monoisotopic (exact) mass is 375 g/mol. The highest BCUT2D eigenvalue weighted by atomic mass is 16.5. The molecule has 2 amide bonds. The molecular formula is C23H25N3O2. The van der Waals surface area contributed by atoms with Gasteiger partial charge in [0.1, 0.15) is 5.75 Å². The summed E-state index contributed by atoms with van der Waals surface area (Å²) in [4.78, 5) is 17.0. The van der Waals surface area contributed by atoms with Gasteiger partial charge in [-0.2, -0.15) is 0 Å². The van der Waals surface area contributed by atoms with Crippen LogP contribution in [0.2, 0.25) is 0 Å².